The molecule has 2 nitrogen and oxygen atoms in total. The normalized spacial score (nSPS) is 12.2. The molecule has 1 atom stereocenters. The predicted molar refractivity (Wildman–Crippen MR) is 83.2 cm³/mol. The minimum Gasteiger partial charge on any atom is -0.491 e. The molecule has 0 aliphatic carbocycles. The van der Waals surface area contributed by atoms with Gasteiger partial charge in [0, 0.05) is 16.0 Å². The molecule has 0 aromatic heterocycles. The van der Waals surface area contributed by atoms with Gasteiger partial charge in [-0.2, -0.15) is 0 Å². The largest absolute Gasteiger partial charge is 0.491 e. The number of hydrogen-bond donors (Lipinski definition) is 1. The fourth-order valence-electron chi connectivity index (χ4n) is 1.83. The van der Waals surface area contributed by atoms with Crippen LogP contribution in [0.3, 0.4) is 0 Å². The van der Waals surface area contributed by atoms with Gasteiger partial charge in [-0.25, -0.2) is 0 Å². The van der Waals surface area contributed by atoms with Crippen LogP contribution in [0.25, 0.3) is 0 Å². The molecule has 1 N–H and O–H groups in total. The Kier molecular flexibility index (Phi) is 5.55. The Balaban J connectivity index is 2.11. The molecule has 5 heteroatoms. The van der Waals surface area contributed by atoms with Gasteiger partial charge < -0.3 is 9.84 Å². The van der Waals surface area contributed by atoms with Crippen molar-refractivity contribution in [1.82, 2.24) is 0 Å². The number of aliphatic hydroxyl groups excluding tert-OH is 1. The van der Waals surface area contributed by atoms with Crippen LogP contribution >= 0.6 is 34.8 Å². The molecule has 0 spiro atoms. The van der Waals surface area contributed by atoms with Crippen LogP contribution < -0.4 is 4.74 Å². The molecule has 2 aromatic carbocycles. The van der Waals surface area contributed by atoms with E-state index in [0.717, 1.165) is 5.56 Å². The maximum atomic E-state index is 9.52. The topological polar surface area (TPSA) is 29.5 Å². The molecule has 0 fully saturated rings. The molecule has 106 valence electrons. The molecule has 0 radical (unpaired) electrons. The van der Waals surface area contributed by atoms with E-state index in [2.05, 4.69) is 0 Å². The zero-order valence-electron chi connectivity index (χ0n) is 10.5. The van der Waals surface area contributed by atoms with Gasteiger partial charge in [0.1, 0.15) is 5.75 Å². The summed E-state index contributed by atoms with van der Waals surface area (Å²) in [5.74, 6) is 0.341. The molecular formula is C15H13Cl3O2. The average Bonchev–Trinajstić information content (AvgIpc) is 2.43. The van der Waals surface area contributed by atoms with Crippen LogP contribution in [0.1, 0.15) is 11.5 Å². The number of rotatable bonds is 5. The first kappa shape index (κ1) is 15.5. The van der Waals surface area contributed by atoms with Gasteiger partial charge in [0.05, 0.1) is 18.2 Å². The summed E-state index contributed by atoms with van der Waals surface area (Å²) in [7, 11) is 0. The summed E-state index contributed by atoms with van der Waals surface area (Å²) in [6, 6.07) is 12.4. The van der Waals surface area contributed by atoms with Gasteiger partial charge in [-0.3, -0.25) is 0 Å². The number of hydrogen-bond acceptors (Lipinski definition) is 2. The highest BCUT2D eigenvalue weighted by molar-refractivity contribution is 6.35. The predicted octanol–water partition coefficient (Wildman–Crippen LogP) is 4.80. The van der Waals surface area contributed by atoms with Crippen molar-refractivity contribution in [3.63, 3.8) is 0 Å². The standard InChI is InChI=1S/C15H13Cl3O2/c16-11-5-6-12(14(18)7-11)10(8-19)9-20-15-4-2-1-3-13(15)17/h1-7,10,19H,8-9H2/t10-/m0/s1. The molecule has 0 saturated heterocycles. The quantitative estimate of drug-likeness (QED) is 0.852. The highest BCUT2D eigenvalue weighted by atomic mass is 35.5. The van der Waals surface area contributed by atoms with Crippen LogP contribution in [0.5, 0.6) is 5.75 Å². The van der Waals surface area contributed by atoms with Crippen molar-refractivity contribution in [2.24, 2.45) is 0 Å². The number of para-hydroxylation sites is 1. The van der Waals surface area contributed by atoms with Crippen LogP contribution in [0.15, 0.2) is 42.5 Å². The fraction of sp³-hybridized carbons (Fsp3) is 0.200. The van der Waals surface area contributed by atoms with E-state index in [-0.39, 0.29) is 19.1 Å². The summed E-state index contributed by atoms with van der Waals surface area (Å²) >= 11 is 18.0. The van der Waals surface area contributed by atoms with E-state index in [0.29, 0.717) is 20.8 Å². The Labute approximate surface area is 132 Å². The van der Waals surface area contributed by atoms with E-state index >= 15 is 0 Å². The molecule has 2 rings (SSSR count). The second kappa shape index (κ2) is 7.19. The molecule has 20 heavy (non-hydrogen) atoms. The minimum absolute atomic E-state index is 0.0776. The van der Waals surface area contributed by atoms with Crippen LogP contribution in [-0.2, 0) is 0 Å². The monoisotopic (exact) mass is 330 g/mol. The lowest BCUT2D eigenvalue weighted by Crippen LogP contribution is -2.14. The van der Waals surface area contributed by atoms with Crippen LogP contribution in [0.2, 0.25) is 15.1 Å². The maximum absolute atomic E-state index is 9.52. The second-order valence-corrected chi connectivity index (χ2v) is 5.54. The fourth-order valence-corrected chi connectivity index (χ4v) is 2.58. The molecule has 0 unspecified atom stereocenters. The van der Waals surface area contributed by atoms with Crippen LogP contribution in [0, 0.1) is 0 Å². The Bertz CT molecular complexity index is 587. The van der Waals surface area contributed by atoms with Crippen LogP contribution in [-0.4, -0.2) is 18.3 Å². The van der Waals surface area contributed by atoms with Crippen molar-refractivity contribution < 1.29 is 9.84 Å². The van der Waals surface area contributed by atoms with E-state index in [1.54, 1.807) is 30.3 Å². The van der Waals surface area contributed by atoms with Crippen molar-refractivity contribution in [3.05, 3.63) is 63.1 Å². The summed E-state index contributed by atoms with van der Waals surface area (Å²) in [6.07, 6.45) is 0. The van der Waals surface area contributed by atoms with Crippen molar-refractivity contribution >= 4 is 34.8 Å². The Morgan fingerprint density at radius 2 is 1.75 bits per heavy atom. The lowest BCUT2D eigenvalue weighted by Gasteiger charge is -2.17. The summed E-state index contributed by atoms with van der Waals surface area (Å²) in [4.78, 5) is 0. The minimum atomic E-state index is -0.240. The van der Waals surface area contributed by atoms with E-state index in [1.165, 1.54) is 0 Å². The van der Waals surface area contributed by atoms with Crippen molar-refractivity contribution in [3.8, 4) is 5.75 Å². The zero-order valence-corrected chi connectivity index (χ0v) is 12.8. The summed E-state index contributed by atoms with van der Waals surface area (Å²) in [5.41, 5.74) is 0.797. The third-order valence-corrected chi connectivity index (χ3v) is 3.77. The Morgan fingerprint density at radius 3 is 2.40 bits per heavy atom. The molecule has 0 amide bonds. The van der Waals surface area contributed by atoms with Gasteiger partial charge in [-0.15, -0.1) is 0 Å². The van der Waals surface area contributed by atoms with Gasteiger partial charge in [0.25, 0.3) is 0 Å². The zero-order chi connectivity index (χ0) is 14.5. The summed E-state index contributed by atoms with van der Waals surface area (Å²) in [6.45, 7) is 0.202. The smallest absolute Gasteiger partial charge is 0.137 e. The van der Waals surface area contributed by atoms with Gasteiger partial charge in [-0.05, 0) is 29.8 Å². The molecule has 0 aliphatic heterocycles. The number of aliphatic hydroxyl groups is 1. The first-order chi connectivity index (χ1) is 9.61. The SMILES string of the molecule is OC[C@@H](COc1ccccc1Cl)c1ccc(Cl)cc1Cl. The molecular weight excluding hydrogens is 319 g/mol. The number of ether oxygens (including phenoxy) is 1. The van der Waals surface area contributed by atoms with Crippen molar-refractivity contribution in [1.29, 1.82) is 0 Å². The lowest BCUT2D eigenvalue weighted by molar-refractivity contribution is 0.205. The van der Waals surface area contributed by atoms with Gasteiger partial charge in [-0.1, -0.05) is 53.0 Å². The van der Waals surface area contributed by atoms with E-state index < -0.39 is 0 Å². The van der Waals surface area contributed by atoms with E-state index in [9.17, 15) is 5.11 Å². The van der Waals surface area contributed by atoms with Gasteiger partial charge in [0.2, 0.25) is 0 Å². The Hall–Kier alpha value is -0.930. The summed E-state index contributed by atoms with van der Waals surface area (Å²) in [5, 5.41) is 11.1. The van der Waals surface area contributed by atoms with E-state index in [1.807, 2.05) is 12.1 Å². The number of benzene rings is 2. The molecule has 0 aliphatic rings. The highest BCUT2D eigenvalue weighted by Crippen LogP contribution is 2.29. The molecule has 0 saturated carbocycles. The van der Waals surface area contributed by atoms with Crippen LogP contribution in [0.4, 0.5) is 0 Å². The first-order valence-corrected chi connectivity index (χ1v) is 7.18. The second-order valence-electron chi connectivity index (χ2n) is 4.29. The third-order valence-electron chi connectivity index (χ3n) is 2.90. The molecule has 0 bridgehead atoms. The van der Waals surface area contributed by atoms with E-state index in [4.69, 9.17) is 39.5 Å². The highest BCUT2D eigenvalue weighted by Gasteiger charge is 2.16. The summed E-state index contributed by atoms with van der Waals surface area (Å²) < 4.78 is 5.65. The Morgan fingerprint density at radius 1 is 1.00 bits per heavy atom. The van der Waals surface area contributed by atoms with Crippen molar-refractivity contribution in [2.45, 2.75) is 5.92 Å². The molecule has 2 aromatic rings. The maximum Gasteiger partial charge on any atom is 0.137 e. The number of halogens is 3. The average molecular weight is 332 g/mol. The van der Waals surface area contributed by atoms with Gasteiger partial charge in [0.15, 0.2) is 0 Å². The van der Waals surface area contributed by atoms with Crippen molar-refractivity contribution in [2.75, 3.05) is 13.2 Å². The first-order valence-electron chi connectivity index (χ1n) is 6.05. The third kappa shape index (κ3) is 3.80. The lowest BCUT2D eigenvalue weighted by atomic mass is 10.0. The molecule has 0 heterocycles. The van der Waals surface area contributed by atoms with Gasteiger partial charge >= 0.3 is 0 Å².